The third-order valence-corrected chi connectivity index (χ3v) is 3.68. The van der Waals surface area contributed by atoms with Gasteiger partial charge >= 0.3 is 5.97 Å². The van der Waals surface area contributed by atoms with Crippen LogP contribution in [0.5, 0.6) is 5.75 Å². The Kier molecular flexibility index (Phi) is 6.35. The number of benzene rings is 2. The fourth-order valence-electron chi connectivity index (χ4n) is 2.45. The number of carboxylic acid groups (broad SMARTS) is 1. The smallest absolute Gasteiger partial charge is 0.335 e. The van der Waals surface area contributed by atoms with Crippen molar-refractivity contribution in [3.63, 3.8) is 0 Å². The minimum atomic E-state index is -1.29. The van der Waals surface area contributed by atoms with Gasteiger partial charge in [0.05, 0.1) is 0 Å². The zero-order valence-electron chi connectivity index (χ0n) is 13.8. The molecule has 0 aliphatic carbocycles. The van der Waals surface area contributed by atoms with Crippen molar-refractivity contribution in [3.05, 3.63) is 65.2 Å². The molecule has 0 heterocycles. The van der Waals surface area contributed by atoms with Gasteiger partial charge in [-0.15, -0.1) is 0 Å². The lowest BCUT2D eigenvalue weighted by molar-refractivity contribution is -0.158. The number of rotatable bonds is 8. The Morgan fingerprint density at radius 3 is 2.46 bits per heavy atom. The summed E-state index contributed by atoms with van der Waals surface area (Å²) in [7, 11) is 0. The van der Waals surface area contributed by atoms with Gasteiger partial charge in [-0.25, -0.2) is 4.79 Å². The van der Waals surface area contributed by atoms with E-state index in [1.807, 2.05) is 30.3 Å². The number of aliphatic carboxylic acids is 1. The lowest BCUT2D eigenvalue weighted by atomic mass is 9.99. The van der Waals surface area contributed by atoms with Crippen LogP contribution >= 0.6 is 0 Å². The number of aliphatic hydroxyl groups is 1. The Bertz CT molecular complexity index is 669. The van der Waals surface area contributed by atoms with E-state index in [1.54, 1.807) is 32.0 Å². The summed E-state index contributed by atoms with van der Waals surface area (Å²) in [4.78, 5) is 11.2. The lowest BCUT2D eigenvalue weighted by Crippen LogP contribution is -2.31. The van der Waals surface area contributed by atoms with Crippen LogP contribution in [0.2, 0.25) is 0 Å². The summed E-state index contributed by atoms with van der Waals surface area (Å²) in [6.45, 7) is 4.15. The fraction of sp³-hybridized carbons (Fsp3) is 0.316. The highest BCUT2D eigenvalue weighted by Gasteiger charge is 2.29. The molecule has 2 rings (SSSR count). The molecule has 0 saturated heterocycles. The normalized spacial score (nSPS) is 13.3. The van der Waals surface area contributed by atoms with Gasteiger partial charge in [0, 0.05) is 6.61 Å². The van der Waals surface area contributed by atoms with Crippen molar-refractivity contribution < 1.29 is 24.5 Å². The van der Waals surface area contributed by atoms with Crippen molar-refractivity contribution in [2.75, 3.05) is 6.61 Å². The molecule has 0 saturated carbocycles. The second-order valence-corrected chi connectivity index (χ2v) is 5.45. The molecule has 2 aromatic carbocycles. The maximum Gasteiger partial charge on any atom is 0.335 e. The highest BCUT2D eigenvalue weighted by Crippen LogP contribution is 2.26. The number of hydrogen-bond donors (Lipinski definition) is 2. The standard InChI is InChI=1S/C19H22O5/c1-3-23-18(19(21)22)17(20)16-10-9-15(11-13(16)2)24-12-14-7-5-4-6-8-14/h4-11,17-18,20H,3,12H2,1-2H3,(H,21,22). The van der Waals surface area contributed by atoms with E-state index in [9.17, 15) is 15.0 Å². The maximum absolute atomic E-state index is 11.2. The van der Waals surface area contributed by atoms with Crippen LogP contribution in [0.15, 0.2) is 48.5 Å². The molecule has 0 spiro atoms. The van der Waals surface area contributed by atoms with Crippen LogP contribution in [-0.4, -0.2) is 28.9 Å². The molecule has 0 aliphatic rings. The number of ether oxygens (including phenoxy) is 2. The molecule has 128 valence electrons. The zero-order valence-corrected chi connectivity index (χ0v) is 13.8. The number of carboxylic acids is 1. The molecule has 0 aromatic heterocycles. The van der Waals surface area contributed by atoms with Gasteiger partial charge in [-0.2, -0.15) is 0 Å². The number of carbonyl (C=O) groups is 1. The molecule has 0 amide bonds. The summed E-state index contributed by atoms with van der Waals surface area (Å²) in [6.07, 6.45) is -2.52. The SMILES string of the molecule is CCOC(C(=O)O)C(O)c1ccc(OCc2ccccc2)cc1C. The van der Waals surface area contributed by atoms with Gasteiger partial charge in [0.1, 0.15) is 18.5 Å². The van der Waals surface area contributed by atoms with Crippen LogP contribution in [0.1, 0.15) is 29.7 Å². The molecule has 0 radical (unpaired) electrons. The minimum absolute atomic E-state index is 0.214. The number of hydrogen-bond acceptors (Lipinski definition) is 4. The fourth-order valence-corrected chi connectivity index (χ4v) is 2.45. The molecule has 5 nitrogen and oxygen atoms in total. The molecule has 0 bridgehead atoms. The van der Waals surface area contributed by atoms with Gasteiger partial charge in [-0.05, 0) is 42.7 Å². The Balaban J connectivity index is 2.09. The summed E-state index contributed by atoms with van der Waals surface area (Å²) >= 11 is 0. The minimum Gasteiger partial charge on any atom is -0.489 e. The summed E-state index contributed by atoms with van der Waals surface area (Å²) in [5, 5.41) is 19.5. The third kappa shape index (κ3) is 4.57. The summed E-state index contributed by atoms with van der Waals surface area (Å²) in [6, 6.07) is 15.0. The van der Waals surface area contributed by atoms with Crippen LogP contribution in [-0.2, 0) is 16.1 Å². The van der Waals surface area contributed by atoms with Gasteiger partial charge in [0.2, 0.25) is 0 Å². The second kappa shape index (κ2) is 8.47. The summed E-state index contributed by atoms with van der Waals surface area (Å²) in [5.74, 6) is -0.524. The highest BCUT2D eigenvalue weighted by molar-refractivity contribution is 5.73. The van der Waals surface area contributed by atoms with Gasteiger partial charge < -0.3 is 19.7 Å². The van der Waals surface area contributed by atoms with Crippen molar-refractivity contribution >= 4 is 5.97 Å². The van der Waals surface area contributed by atoms with Gasteiger partial charge in [0.15, 0.2) is 6.10 Å². The molecule has 0 fully saturated rings. The topological polar surface area (TPSA) is 76.0 Å². The molecular formula is C19H22O5. The average Bonchev–Trinajstić information content (AvgIpc) is 2.58. The lowest BCUT2D eigenvalue weighted by Gasteiger charge is -2.21. The number of aryl methyl sites for hydroxylation is 1. The molecule has 5 heteroatoms. The van der Waals surface area contributed by atoms with Crippen molar-refractivity contribution in [1.82, 2.24) is 0 Å². The largest absolute Gasteiger partial charge is 0.489 e. The van der Waals surface area contributed by atoms with Crippen molar-refractivity contribution in [1.29, 1.82) is 0 Å². The van der Waals surface area contributed by atoms with Gasteiger partial charge in [-0.3, -0.25) is 0 Å². The van der Waals surface area contributed by atoms with Crippen LogP contribution < -0.4 is 4.74 Å². The average molecular weight is 330 g/mol. The van der Waals surface area contributed by atoms with E-state index in [1.165, 1.54) is 0 Å². The first-order chi connectivity index (χ1) is 11.5. The summed E-state index contributed by atoms with van der Waals surface area (Å²) in [5.41, 5.74) is 2.32. The van der Waals surface area contributed by atoms with Crippen LogP contribution in [0.3, 0.4) is 0 Å². The molecule has 2 atom stereocenters. The van der Waals surface area contributed by atoms with Crippen LogP contribution in [0.25, 0.3) is 0 Å². The molecule has 2 aromatic rings. The van der Waals surface area contributed by atoms with Gasteiger partial charge in [0.25, 0.3) is 0 Å². The van der Waals surface area contributed by atoms with Crippen LogP contribution in [0, 0.1) is 6.92 Å². The molecular weight excluding hydrogens is 308 g/mol. The Hall–Kier alpha value is -2.37. The van der Waals surface area contributed by atoms with E-state index in [2.05, 4.69) is 0 Å². The molecule has 2 N–H and O–H groups in total. The van der Waals surface area contributed by atoms with Crippen LogP contribution in [0.4, 0.5) is 0 Å². The summed E-state index contributed by atoms with van der Waals surface area (Å²) < 4.78 is 10.9. The first kappa shape index (κ1) is 18.0. The van der Waals surface area contributed by atoms with Gasteiger partial charge in [-0.1, -0.05) is 36.4 Å². The van der Waals surface area contributed by atoms with E-state index < -0.39 is 18.2 Å². The van der Waals surface area contributed by atoms with E-state index >= 15 is 0 Å². The second-order valence-electron chi connectivity index (χ2n) is 5.45. The molecule has 24 heavy (non-hydrogen) atoms. The predicted molar refractivity (Wildman–Crippen MR) is 90.0 cm³/mol. The Labute approximate surface area is 141 Å². The predicted octanol–water partition coefficient (Wildman–Crippen LogP) is 3.10. The monoisotopic (exact) mass is 330 g/mol. The first-order valence-corrected chi connectivity index (χ1v) is 7.82. The van der Waals surface area contributed by atoms with Crippen molar-refractivity contribution in [2.45, 2.75) is 32.7 Å². The van der Waals surface area contributed by atoms with Crippen molar-refractivity contribution in [2.24, 2.45) is 0 Å². The Morgan fingerprint density at radius 2 is 1.88 bits per heavy atom. The molecule has 0 aliphatic heterocycles. The van der Waals surface area contributed by atoms with E-state index in [-0.39, 0.29) is 6.61 Å². The number of aliphatic hydroxyl groups excluding tert-OH is 1. The molecule has 2 unspecified atom stereocenters. The quantitative estimate of drug-likeness (QED) is 0.778. The maximum atomic E-state index is 11.2. The van der Waals surface area contributed by atoms with Crippen molar-refractivity contribution in [3.8, 4) is 5.75 Å². The highest BCUT2D eigenvalue weighted by atomic mass is 16.5. The Morgan fingerprint density at radius 1 is 1.17 bits per heavy atom. The van der Waals surface area contributed by atoms with E-state index in [4.69, 9.17) is 9.47 Å². The first-order valence-electron chi connectivity index (χ1n) is 7.82. The zero-order chi connectivity index (χ0) is 17.5. The van der Waals surface area contributed by atoms with E-state index in [0.29, 0.717) is 17.9 Å². The van der Waals surface area contributed by atoms with E-state index in [0.717, 1.165) is 11.1 Å². The third-order valence-electron chi connectivity index (χ3n) is 3.68.